The third-order valence-electron chi connectivity index (χ3n) is 3.16. The maximum Gasteiger partial charge on any atom is 0.354 e. The van der Waals surface area contributed by atoms with Gasteiger partial charge in [-0.05, 0) is 12.1 Å². The number of nitrogens with two attached hydrogens (primary N) is 1. The monoisotopic (exact) mass is 251 g/mol. The fraction of sp³-hybridized carbons (Fsp3) is 0.500. The summed E-state index contributed by atoms with van der Waals surface area (Å²) in [6.07, 6.45) is 0. The highest BCUT2D eigenvalue weighted by molar-refractivity contribution is 5.86. The van der Waals surface area contributed by atoms with E-state index in [4.69, 9.17) is 15.6 Å². The van der Waals surface area contributed by atoms with Crippen LogP contribution in [0.25, 0.3) is 0 Å². The molecule has 0 spiro atoms. The van der Waals surface area contributed by atoms with Gasteiger partial charge in [-0.1, -0.05) is 13.8 Å². The van der Waals surface area contributed by atoms with E-state index in [0.29, 0.717) is 24.7 Å². The number of rotatable bonds is 3. The van der Waals surface area contributed by atoms with Crippen molar-refractivity contribution in [3.05, 3.63) is 17.8 Å². The second-order valence-electron chi connectivity index (χ2n) is 5.14. The Morgan fingerprint density at radius 2 is 2.33 bits per heavy atom. The van der Waals surface area contributed by atoms with E-state index >= 15 is 0 Å². The maximum atomic E-state index is 10.9. The number of nitrogens with zero attached hydrogens (tertiary/aromatic N) is 1. The molecule has 0 amide bonds. The first-order valence-electron chi connectivity index (χ1n) is 5.74. The Kier molecular flexibility index (Phi) is 3.13. The quantitative estimate of drug-likeness (QED) is 0.746. The summed E-state index contributed by atoms with van der Waals surface area (Å²) >= 11 is 0. The number of ether oxygens (including phenoxy) is 1. The lowest BCUT2D eigenvalue weighted by atomic mass is 9.88. The first-order chi connectivity index (χ1) is 8.40. The van der Waals surface area contributed by atoms with Gasteiger partial charge in [-0.15, -0.1) is 0 Å². The molecule has 1 aliphatic heterocycles. The van der Waals surface area contributed by atoms with Crippen molar-refractivity contribution in [1.82, 2.24) is 4.98 Å². The van der Waals surface area contributed by atoms with Crippen molar-refractivity contribution >= 4 is 17.5 Å². The molecule has 1 aliphatic rings. The van der Waals surface area contributed by atoms with Crippen molar-refractivity contribution in [2.24, 2.45) is 5.41 Å². The van der Waals surface area contributed by atoms with Crippen LogP contribution in [0.4, 0.5) is 11.5 Å². The first kappa shape index (κ1) is 12.6. The molecule has 0 aromatic carbocycles. The van der Waals surface area contributed by atoms with E-state index in [2.05, 4.69) is 24.1 Å². The molecule has 1 unspecified atom stereocenters. The van der Waals surface area contributed by atoms with Crippen molar-refractivity contribution in [3.63, 3.8) is 0 Å². The largest absolute Gasteiger partial charge is 0.477 e. The minimum Gasteiger partial charge on any atom is -0.477 e. The summed E-state index contributed by atoms with van der Waals surface area (Å²) in [6, 6.07) is 3.00. The van der Waals surface area contributed by atoms with Crippen molar-refractivity contribution in [2.45, 2.75) is 19.9 Å². The van der Waals surface area contributed by atoms with Crippen LogP contribution in [-0.2, 0) is 4.74 Å². The molecule has 2 rings (SSSR count). The van der Waals surface area contributed by atoms with Gasteiger partial charge in [0.2, 0.25) is 0 Å². The Morgan fingerprint density at radius 1 is 1.61 bits per heavy atom. The number of carboxylic acids is 1. The average molecular weight is 251 g/mol. The predicted molar refractivity (Wildman–Crippen MR) is 67.6 cm³/mol. The normalized spacial score (nSPS) is 21.8. The van der Waals surface area contributed by atoms with Crippen LogP contribution >= 0.6 is 0 Å². The second-order valence-corrected chi connectivity index (χ2v) is 5.14. The Balaban J connectivity index is 2.23. The van der Waals surface area contributed by atoms with Crippen LogP contribution in [0.15, 0.2) is 12.1 Å². The van der Waals surface area contributed by atoms with E-state index in [1.807, 2.05) is 0 Å². The molecule has 1 aromatic heterocycles. The highest BCUT2D eigenvalue weighted by Crippen LogP contribution is 2.30. The summed E-state index contributed by atoms with van der Waals surface area (Å²) in [4.78, 5) is 14.9. The minimum atomic E-state index is -1.07. The van der Waals surface area contributed by atoms with Crippen LogP contribution in [0.3, 0.4) is 0 Å². The Morgan fingerprint density at radius 3 is 2.89 bits per heavy atom. The molecule has 18 heavy (non-hydrogen) atoms. The molecule has 0 radical (unpaired) electrons. The van der Waals surface area contributed by atoms with E-state index in [9.17, 15) is 4.79 Å². The van der Waals surface area contributed by atoms with Gasteiger partial charge in [0.05, 0.1) is 24.9 Å². The second kappa shape index (κ2) is 4.45. The highest BCUT2D eigenvalue weighted by atomic mass is 16.5. The van der Waals surface area contributed by atoms with Crippen LogP contribution in [-0.4, -0.2) is 35.3 Å². The van der Waals surface area contributed by atoms with Crippen molar-refractivity contribution < 1.29 is 14.6 Å². The van der Waals surface area contributed by atoms with Crippen molar-refractivity contribution in [1.29, 1.82) is 0 Å². The maximum absolute atomic E-state index is 10.9. The van der Waals surface area contributed by atoms with E-state index in [1.165, 1.54) is 6.07 Å². The molecule has 1 saturated heterocycles. The van der Waals surface area contributed by atoms with Gasteiger partial charge in [-0.3, -0.25) is 0 Å². The lowest BCUT2D eigenvalue weighted by Gasteiger charge is -2.26. The fourth-order valence-electron chi connectivity index (χ4n) is 1.87. The third-order valence-corrected chi connectivity index (χ3v) is 3.16. The smallest absolute Gasteiger partial charge is 0.354 e. The molecule has 6 nitrogen and oxygen atoms in total. The average Bonchev–Trinajstić information content (AvgIpc) is 2.61. The molecule has 0 aliphatic carbocycles. The molecule has 98 valence electrons. The zero-order valence-corrected chi connectivity index (χ0v) is 10.4. The lowest BCUT2D eigenvalue weighted by molar-refractivity contribution is 0.0690. The molecular formula is C12H17N3O3. The van der Waals surface area contributed by atoms with E-state index in [0.717, 1.165) is 0 Å². The van der Waals surface area contributed by atoms with Crippen molar-refractivity contribution in [2.75, 3.05) is 24.3 Å². The molecule has 0 saturated carbocycles. The van der Waals surface area contributed by atoms with Gasteiger partial charge >= 0.3 is 5.97 Å². The van der Waals surface area contributed by atoms with Crippen LogP contribution in [0.5, 0.6) is 0 Å². The van der Waals surface area contributed by atoms with Gasteiger partial charge < -0.3 is 20.9 Å². The number of carboxylic acid groups (broad SMARTS) is 1. The standard InChI is InChI=1S/C12H17N3O3/c1-12(2)6-18-5-9(12)15-10-7(13)3-4-8(14-10)11(16)17/h3-4,9H,5-6,13H2,1-2H3,(H,14,15)(H,16,17). The van der Waals surface area contributed by atoms with E-state index in [-0.39, 0.29) is 17.2 Å². The molecule has 0 bridgehead atoms. The van der Waals surface area contributed by atoms with Gasteiger partial charge in [0, 0.05) is 5.41 Å². The van der Waals surface area contributed by atoms with Crippen LogP contribution in [0, 0.1) is 5.41 Å². The SMILES string of the molecule is CC1(C)COCC1Nc1nc(C(=O)O)ccc1N. The predicted octanol–water partition coefficient (Wildman–Crippen LogP) is 1.20. The van der Waals surface area contributed by atoms with Gasteiger partial charge in [-0.25, -0.2) is 9.78 Å². The van der Waals surface area contributed by atoms with Crippen LogP contribution < -0.4 is 11.1 Å². The Labute approximate surface area is 105 Å². The summed E-state index contributed by atoms with van der Waals surface area (Å²) in [6.45, 7) is 5.37. The third kappa shape index (κ3) is 2.38. The number of carbonyl (C=O) groups is 1. The number of hydrogen-bond acceptors (Lipinski definition) is 5. The number of anilines is 2. The van der Waals surface area contributed by atoms with Crippen LogP contribution in [0.1, 0.15) is 24.3 Å². The lowest BCUT2D eigenvalue weighted by Crippen LogP contribution is -2.35. The molecule has 4 N–H and O–H groups in total. The first-order valence-corrected chi connectivity index (χ1v) is 5.74. The van der Waals surface area contributed by atoms with Gasteiger partial charge in [0.1, 0.15) is 0 Å². The summed E-state index contributed by atoms with van der Waals surface area (Å²) in [5.74, 6) is -0.668. The molecule has 1 atom stereocenters. The highest BCUT2D eigenvalue weighted by Gasteiger charge is 2.36. The molecule has 1 fully saturated rings. The number of nitrogen functional groups attached to an aromatic ring is 1. The van der Waals surface area contributed by atoms with E-state index < -0.39 is 5.97 Å². The molecule has 6 heteroatoms. The van der Waals surface area contributed by atoms with Gasteiger partial charge in [0.25, 0.3) is 0 Å². The Bertz CT molecular complexity index is 474. The summed E-state index contributed by atoms with van der Waals surface area (Å²) in [5.41, 5.74) is 6.17. The Hall–Kier alpha value is -1.82. The van der Waals surface area contributed by atoms with E-state index in [1.54, 1.807) is 6.07 Å². The summed E-state index contributed by atoms with van der Waals surface area (Å²) < 4.78 is 5.41. The number of aromatic nitrogens is 1. The number of aromatic carboxylic acids is 1. The van der Waals surface area contributed by atoms with Gasteiger partial charge in [0.15, 0.2) is 11.5 Å². The molecule has 1 aromatic rings. The number of nitrogens with one attached hydrogen (secondary N) is 1. The fourth-order valence-corrected chi connectivity index (χ4v) is 1.87. The van der Waals surface area contributed by atoms with Crippen molar-refractivity contribution in [3.8, 4) is 0 Å². The molecular weight excluding hydrogens is 234 g/mol. The minimum absolute atomic E-state index is 0.0246. The van der Waals surface area contributed by atoms with Gasteiger partial charge in [-0.2, -0.15) is 0 Å². The zero-order chi connectivity index (χ0) is 13.3. The topological polar surface area (TPSA) is 97.5 Å². The summed E-state index contributed by atoms with van der Waals surface area (Å²) in [5, 5.41) is 12.1. The zero-order valence-electron chi connectivity index (χ0n) is 10.4. The van der Waals surface area contributed by atoms with Crippen LogP contribution in [0.2, 0.25) is 0 Å². The summed E-state index contributed by atoms with van der Waals surface area (Å²) in [7, 11) is 0. The molecule has 2 heterocycles. The number of pyridine rings is 1. The number of hydrogen-bond donors (Lipinski definition) is 3.